The fraction of sp³-hybridized carbons (Fsp3) is 1.00. The molecule has 0 saturated heterocycles. The van der Waals surface area contributed by atoms with Crippen LogP contribution < -0.4 is 0 Å². The molecule has 0 aliphatic carbocycles. The molecule has 0 spiro atoms. The summed E-state index contributed by atoms with van der Waals surface area (Å²) in [6.07, 6.45) is 1.15. The minimum absolute atomic E-state index is 0.259. The van der Waals surface area contributed by atoms with E-state index >= 15 is 0 Å². The average molecular weight is 344 g/mol. The zero-order chi connectivity index (χ0) is 14.9. The number of aliphatic hydroxyl groups excluding tert-OH is 3. The highest BCUT2D eigenvalue weighted by molar-refractivity contribution is 7.99. The van der Waals surface area contributed by atoms with Gasteiger partial charge in [0.2, 0.25) is 0 Å². The van der Waals surface area contributed by atoms with Crippen molar-refractivity contribution in [2.24, 2.45) is 0 Å². The van der Waals surface area contributed by atoms with Gasteiger partial charge < -0.3 is 20.2 Å². The maximum Gasteiger partial charge on any atom is 0.0521 e. The molecule has 0 fully saturated rings. The molecule has 20 heavy (non-hydrogen) atoms. The van der Waals surface area contributed by atoms with Crippen LogP contribution in [0.15, 0.2) is 0 Å². The molecule has 7 heteroatoms. The predicted octanol–water partition coefficient (Wildman–Crippen LogP) is 0.855. The lowest BCUT2D eigenvalue weighted by Crippen LogP contribution is -2.30. The highest BCUT2D eigenvalue weighted by Gasteiger charge is 2.05. The molecule has 0 aliphatic heterocycles. The van der Waals surface area contributed by atoms with Crippen molar-refractivity contribution in [3.8, 4) is 0 Å². The van der Waals surface area contributed by atoms with Gasteiger partial charge in [0.15, 0.2) is 0 Å². The molecule has 4 nitrogen and oxygen atoms in total. The SMILES string of the molecule is OCCSCCCN(CCSCCO)CCSCCO. The van der Waals surface area contributed by atoms with E-state index in [1.54, 1.807) is 35.3 Å². The fourth-order valence-electron chi connectivity index (χ4n) is 1.61. The molecule has 0 amide bonds. The predicted molar refractivity (Wildman–Crippen MR) is 94.3 cm³/mol. The Balaban J connectivity index is 3.67. The summed E-state index contributed by atoms with van der Waals surface area (Å²) in [5.41, 5.74) is 0. The zero-order valence-electron chi connectivity index (χ0n) is 12.2. The molecule has 0 bridgehead atoms. The molecule has 0 unspecified atom stereocenters. The van der Waals surface area contributed by atoms with Crippen molar-refractivity contribution in [3.05, 3.63) is 0 Å². The van der Waals surface area contributed by atoms with Crippen LogP contribution >= 0.6 is 35.3 Å². The Hall–Kier alpha value is 0.890. The van der Waals surface area contributed by atoms with Crippen LogP contribution in [0, 0.1) is 0 Å². The van der Waals surface area contributed by atoms with E-state index < -0.39 is 0 Å². The van der Waals surface area contributed by atoms with E-state index in [0.717, 1.165) is 60.6 Å². The molecule has 0 rings (SSSR count). The van der Waals surface area contributed by atoms with Gasteiger partial charge in [-0.25, -0.2) is 0 Å². The molecule has 0 heterocycles. The highest BCUT2D eigenvalue weighted by Crippen LogP contribution is 2.07. The number of thioether (sulfide) groups is 3. The lowest BCUT2D eigenvalue weighted by atomic mass is 10.4. The van der Waals surface area contributed by atoms with E-state index in [1.807, 2.05) is 0 Å². The molecule has 0 saturated carbocycles. The monoisotopic (exact) mass is 343 g/mol. The first-order valence-corrected chi connectivity index (χ1v) is 10.6. The van der Waals surface area contributed by atoms with Crippen molar-refractivity contribution >= 4 is 35.3 Å². The van der Waals surface area contributed by atoms with E-state index in [1.165, 1.54) is 0 Å². The smallest absolute Gasteiger partial charge is 0.0521 e. The normalized spacial score (nSPS) is 11.4. The summed E-state index contributed by atoms with van der Waals surface area (Å²) in [6, 6.07) is 0. The summed E-state index contributed by atoms with van der Waals surface area (Å²) < 4.78 is 0. The second-order valence-corrected chi connectivity index (χ2v) is 7.88. The first kappa shape index (κ1) is 20.9. The van der Waals surface area contributed by atoms with Crippen molar-refractivity contribution in [2.45, 2.75) is 6.42 Å². The molecule has 122 valence electrons. The summed E-state index contributed by atoms with van der Waals surface area (Å²) in [5, 5.41) is 26.3. The maximum absolute atomic E-state index is 8.77. The third kappa shape index (κ3) is 15.3. The zero-order valence-corrected chi connectivity index (χ0v) is 14.7. The molecule has 0 aliphatic rings. The maximum atomic E-state index is 8.77. The second-order valence-electron chi connectivity index (χ2n) is 4.20. The van der Waals surface area contributed by atoms with Gasteiger partial charge in [-0.05, 0) is 18.7 Å². The quantitative estimate of drug-likeness (QED) is 0.359. The summed E-state index contributed by atoms with van der Waals surface area (Å²) in [7, 11) is 0. The third-order valence-electron chi connectivity index (χ3n) is 2.57. The number of hydrogen-bond donors (Lipinski definition) is 3. The van der Waals surface area contributed by atoms with E-state index in [0.29, 0.717) is 0 Å². The third-order valence-corrected chi connectivity index (χ3v) is 5.51. The van der Waals surface area contributed by atoms with Crippen molar-refractivity contribution in [3.63, 3.8) is 0 Å². The van der Waals surface area contributed by atoms with Gasteiger partial charge in [-0.1, -0.05) is 0 Å². The van der Waals surface area contributed by atoms with Crippen LogP contribution in [0.25, 0.3) is 0 Å². The Morgan fingerprint density at radius 1 is 0.550 bits per heavy atom. The second kappa shape index (κ2) is 17.9. The Labute approximate surface area is 136 Å². The number of aliphatic hydroxyl groups is 3. The Morgan fingerprint density at radius 3 is 1.45 bits per heavy atom. The van der Waals surface area contributed by atoms with Crippen LogP contribution in [0.1, 0.15) is 6.42 Å². The Morgan fingerprint density at radius 2 is 1.00 bits per heavy atom. The average Bonchev–Trinajstić information content (AvgIpc) is 2.47. The van der Waals surface area contributed by atoms with Crippen molar-refractivity contribution in [1.82, 2.24) is 4.90 Å². The lowest BCUT2D eigenvalue weighted by Gasteiger charge is -2.21. The van der Waals surface area contributed by atoms with Crippen LogP contribution in [-0.2, 0) is 0 Å². The lowest BCUT2D eigenvalue weighted by molar-refractivity contribution is 0.308. The first-order chi connectivity index (χ1) is 9.85. The van der Waals surface area contributed by atoms with Crippen LogP contribution in [0.3, 0.4) is 0 Å². The molecule has 0 aromatic rings. The number of nitrogens with zero attached hydrogens (tertiary/aromatic N) is 1. The Bertz CT molecular complexity index is 178. The molecule has 0 radical (unpaired) electrons. The number of hydrogen-bond acceptors (Lipinski definition) is 7. The van der Waals surface area contributed by atoms with Gasteiger partial charge in [-0.2, -0.15) is 35.3 Å². The highest BCUT2D eigenvalue weighted by atomic mass is 32.2. The molecular weight excluding hydrogens is 314 g/mol. The van der Waals surface area contributed by atoms with Crippen LogP contribution in [0.5, 0.6) is 0 Å². The van der Waals surface area contributed by atoms with Crippen LogP contribution in [-0.4, -0.2) is 94.2 Å². The summed E-state index contributed by atoms with van der Waals surface area (Å²) in [6.45, 7) is 4.01. The summed E-state index contributed by atoms with van der Waals surface area (Å²) in [4.78, 5) is 2.47. The largest absolute Gasteiger partial charge is 0.396 e. The van der Waals surface area contributed by atoms with Gasteiger partial charge in [0, 0.05) is 41.9 Å². The molecule has 0 aromatic heterocycles. The van der Waals surface area contributed by atoms with E-state index in [4.69, 9.17) is 15.3 Å². The van der Waals surface area contributed by atoms with Gasteiger partial charge >= 0.3 is 0 Å². The van der Waals surface area contributed by atoms with Crippen molar-refractivity contribution in [2.75, 3.05) is 74.0 Å². The summed E-state index contributed by atoms with van der Waals surface area (Å²) >= 11 is 5.40. The number of rotatable bonds is 16. The molecule has 0 aromatic carbocycles. The van der Waals surface area contributed by atoms with Crippen molar-refractivity contribution < 1.29 is 15.3 Å². The van der Waals surface area contributed by atoms with Gasteiger partial charge in [0.05, 0.1) is 19.8 Å². The fourth-order valence-corrected chi connectivity index (χ4v) is 3.72. The van der Waals surface area contributed by atoms with Gasteiger partial charge in [0.25, 0.3) is 0 Å². The topological polar surface area (TPSA) is 63.9 Å². The van der Waals surface area contributed by atoms with E-state index in [-0.39, 0.29) is 19.8 Å². The van der Waals surface area contributed by atoms with Gasteiger partial charge in [0.1, 0.15) is 0 Å². The molecule has 3 N–H and O–H groups in total. The van der Waals surface area contributed by atoms with E-state index in [9.17, 15) is 0 Å². The van der Waals surface area contributed by atoms with E-state index in [2.05, 4.69) is 4.90 Å². The standard InChI is InChI=1S/C13H29NO3S3/c15-5-11-18-8-1-2-14(3-9-19-12-6-16)4-10-20-13-7-17/h15-17H,1-13H2. The first-order valence-electron chi connectivity index (χ1n) is 7.13. The summed E-state index contributed by atoms with van der Waals surface area (Å²) in [5.74, 6) is 5.70. The van der Waals surface area contributed by atoms with Crippen molar-refractivity contribution in [1.29, 1.82) is 0 Å². The minimum atomic E-state index is 0.259. The van der Waals surface area contributed by atoms with Gasteiger partial charge in [-0.3, -0.25) is 0 Å². The van der Waals surface area contributed by atoms with Gasteiger partial charge in [-0.15, -0.1) is 0 Å². The van der Waals surface area contributed by atoms with Crippen LogP contribution in [0.4, 0.5) is 0 Å². The minimum Gasteiger partial charge on any atom is -0.396 e. The molecular formula is C13H29NO3S3. The molecule has 0 atom stereocenters. The Kier molecular flexibility index (Phi) is 18.7. The van der Waals surface area contributed by atoms with Crippen LogP contribution in [0.2, 0.25) is 0 Å².